The average molecular weight is 345 g/mol. The third-order valence-electron chi connectivity index (χ3n) is 3.84. The molecule has 0 aromatic carbocycles. The van der Waals surface area contributed by atoms with Gasteiger partial charge < -0.3 is 14.6 Å². The number of nitrogens with one attached hydrogen (secondary N) is 1. The third-order valence-corrected chi connectivity index (χ3v) is 4.67. The quantitative estimate of drug-likeness (QED) is 0.843. The zero-order valence-corrected chi connectivity index (χ0v) is 14.2. The monoisotopic (exact) mass is 345 g/mol. The van der Waals surface area contributed by atoms with Crippen molar-refractivity contribution in [2.75, 3.05) is 17.6 Å². The molecule has 1 fully saturated rings. The molecule has 1 unspecified atom stereocenters. The summed E-state index contributed by atoms with van der Waals surface area (Å²) >= 11 is 1.64. The summed E-state index contributed by atoms with van der Waals surface area (Å²) in [7, 11) is 0. The van der Waals surface area contributed by atoms with Crippen molar-refractivity contribution in [3.8, 4) is 0 Å². The molecule has 7 heteroatoms. The van der Waals surface area contributed by atoms with Crippen LogP contribution in [0.2, 0.25) is 0 Å². The lowest BCUT2D eigenvalue weighted by molar-refractivity contribution is -0.119. The Bertz CT molecular complexity index is 700. The predicted molar refractivity (Wildman–Crippen MR) is 92.0 cm³/mol. The van der Waals surface area contributed by atoms with Gasteiger partial charge in [0.2, 0.25) is 5.91 Å². The van der Waals surface area contributed by atoms with Crippen LogP contribution in [0.4, 0.5) is 5.69 Å². The molecule has 24 heavy (non-hydrogen) atoms. The van der Waals surface area contributed by atoms with Crippen molar-refractivity contribution in [2.45, 2.75) is 30.8 Å². The average Bonchev–Trinajstić information content (AvgIpc) is 3.28. The number of furan rings is 1. The number of pyridine rings is 1. The summed E-state index contributed by atoms with van der Waals surface area (Å²) in [5, 5.41) is 3.77. The summed E-state index contributed by atoms with van der Waals surface area (Å²) < 4.78 is 5.15. The van der Waals surface area contributed by atoms with E-state index in [0.29, 0.717) is 18.7 Å². The molecule has 3 heterocycles. The van der Waals surface area contributed by atoms with E-state index in [0.717, 1.165) is 17.2 Å². The van der Waals surface area contributed by atoms with Gasteiger partial charge in [-0.15, -0.1) is 11.8 Å². The number of anilines is 1. The van der Waals surface area contributed by atoms with Crippen molar-refractivity contribution in [1.29, 1.82) is 0 Å². The maximum Gasteiger partial charge on any atom is 0.290 e. The lowest BCUT2D eigenvalue weighted by Crippen LogP contribution is -2.43. The number of nitrogens with zero attached hydrogens (tertiary/aromatic N) is 2. The highest BCUT2D eigenvalue weighted by Crippen LogP contribution is 2.22. The van der Waals surface area contributed by atoms with Crippen LogP contribution < -0.4 is 5.32 Å². The maximum absolute atomic E-state index is 12.5. The summed E-state index contributed by atoms with van der Waals surface area (Å²) in [5.41, 5.74) is 0.637. The number of likely N-dealkylation sites (tertiary alicyclic amines) is 1. The highest BCUT2D eigenvalue weighted by Gasteiger charge is 2.35. The Morgan fingerprint density at radius 3 is 2.96 bits per heavy atom. The summed E-state index contributed by atoms with van der Waals surface area (Å²) in [6, 6.07) is 6.51. The molecule has 126 valence electrons. The van der Waals surface area contributed by atoms with Crippen molar-refractivity contribution < 1.29 is 14.0 Å². The van der Waals surface area contributed by atoms with E-state index in [2.05, 4.69) is 17.2 Å². The van der Waals surface area contributed by atoms with Crippen LogP contribution in [0, 0.1) is 0 Å². The van der Waals surface area contributed by atoms with Gasteiger partial charge in [0.25, 0.3) is 5.91 Å². The van der Waals surface area contributed by atoms with Crippen molar-refractivity contribution in [3.05, 3.63) is 42.5 Å². The number of carbonyl (C=O) groups is 2. The first-order chi connectivity index (χ1) is 11.7. The van der Waals surface area contributed by atoms with E-state index >= 15 is 0 Å². The second-order valence-electron chi connectivity index (χ2n) is 5.44. The van der Waals surface area contributed by atoms with E-state index < -0.39 is 6.04 Å². The highest BCUT2D eigenvalue weighted by atomic mass is 32.2. The van der Waals surface area contributed by atoms with Crippen LogP contribution in [0.15, 0.2) is 46.2 Å². The zero-order valence-electron chi connectivity index (χ0n) is 13.4. The lowest BCUT2D eigenvalue weighted by atomic mass is 10.2. The second-order valence-corrected chi connectivity index (χ2v) is 6.73. The molecule has 1 aliphatic rings. The topological polar surface area (TPSA) is 75.4 Å². The molecule has 0 spiro atoms. The van der Waals surface area contributed by atoms with Crippen LogP contribution in [0.25, 0.3) is 0 Å². The molecule has 6 nitrogen and oxygen atoms in total. The minimum Gasteiger partial charge on any atom is -0.459 e. The lowest BCUT2D eigenvalue weighted by Gasteiger charge is -2.23. The fraction of sp³-hybridized carbons (Fsp3) is 0.353. The highest BCUT2D eigenvalue weighted by molar-refractivity contribution is 7.99. The van der Waals surface area contributed by atoms with Crippen LogP contribution in [0.3, 0.4) is 0 Å². The third kappa shape index (κ3) is 3.62. The van der Waals surface area contributed by atoms with Crippen LogP contribution in [0.5, 0.6) is 0 Å². The normalized spacial score (nSPS) is 17.0. The van der Waals surface area contributed by atoms with Crippen LogP contribution >= 0.6 is 11.8 Å². The van der Waals surface area contributed by atoms with Crippen molar-refractivity contribution in [2.24, 2.45) is 0 Å². The van der Waals surface area contributed by atoms with E-state index in [1.165, 1.54) is 6.26 Å². The Morgan fingerprint density at radius 2 is 2.29 bits per heavy atom. The summed E-state index contributed by atoms with van der Waals surface area (Å²) in [6.07, 6.45) is 4.55. The molecule has 0 bridgehead atoms. The number of rotatable bonds is 5. The van der Waals surface area contributed by atoms with Gasteiger partial charge in [0.05, 0.1) is 23.2 Å². The van der Waals surface area contributed by atoms with E-state index in [1.54, 1.807) is 35.0 Å². The zero-order chi connectivity index (χ0) is 16.9. The number of amides is 2. The van der Waals surface area contributed by atoms with Gasteiger partial charge >= 0.3 is 0 Å². The van der Waals surface area contributed by atoms with Crippen LogP contribution in [-0.2, 0) is 4.79 Å². The largest absolute Gasteiger partial charge is 0.459 e. The van der Waals surface area contributed by atoms with Gasteiger partial charge in [0.15, 0.2) is 5.76 Å². The van der Waals surface area contributed by atoms with Crippen LogP contribution in [0.1, 0.15) is 30.3 Å². The minimum absolute atomic E-state index is 0.190. The van der Waals surface area contributed by atoms with Gasteiger partial charge in [0, 0.05) is 6.54 Å². The van der Waals surface area contributed by atoms with Crippen molar-refractivity contribution >= 4 is 29.3 Å². The standard InChI is InChI=1S/C17H19N3O3S/c1-2-24-15-8-7-12(11-18-15)19-16(21)13-5-3-9-20(13)17(22)14-6-4-10-23-14/h4,6-8,10-11,13H,2-3,5,9H2,1H3,(H,19,21). The smallest absolute Gasteiger partial charge is 0.290 e. The fourth-order valence-electron chi connectivity index (χ4n) is 2.74. The van der Waals surface area contributed by atoms with Gasteiger partial charge in [-0.05, 0) is 42.9 Å². The Hall–Kier alpha value is -2.28. The molecule has 0 aliphatic carbocycles. The van der Waals surface area contributed by atoms with E-state index in [4.69, 9.17) is 4.42 Å². The number of aromatic nitrogens is 1. The second kappa shape index (κ2) is 7.53. The summed E-state index contributed by atoms with van der Waals surface area (Å²) in [6.45, 7) is 2.62. The number of hydrogen-bond acceptors (Lipinski definition) is 5. The molecule has 1 aliphatic heterocycles. The minimum atomic E-state index is -0.479. The summed E-state index contributed by atoms with van der Waals surface area (Å²) in [4.78, 5) is 30.8. The molecular formula is C17H19N3O3S. The Balaban J connectivity index is 1.66. The summed E-state index contributed by atoms with van der Waals surface area (Å²) in [5.74, 6) is 0.776. The molecule has 2 aromatic rings. The molecule has 3 rings (SSSR count). The van der Waals surface area contributed by atoms with E-state index in [9.17, 15) is 9.59 Å². The SMILES string of the molecule is CCSc1ccc(NC(=O)C2CCCN2C(=O)c2ccco2)cn1. The Kier molecular flexibility index (Phi) is 5.20. The first-order valence-corrected chi connectivity index (χ1v) is 8.92. The number of thioether (sulfide) groups is 1. The molecule has 1 atom stereocenters. The first-order valence-electron chi connectivity index (χ1n) is 7.93. The number of hydrogen-bond donors (Lipinski definition) is 1. The van der Waals surface area contributed by atoms with Gasteiger partial charge in [-0.3, -0.25) is 9.59 Å². The molecule has 1 saturated heterocycles. The molecule has 0 saturated carbocycles. The molecule has 1 N–H and O–H groups in total. The van der Waals surface area contributed by atoms with E-state index in [-0.39, 0.29) is 17.6 Å². The van der Waals surface area contributed by atoms with Gasteiger partial charge in [-0.1, -0.05) is 6.92 Å². The Morgan fingerprint density at radius 1 is 1.42 bits per heavy atom. The van der Waals surface area contributed by atoms with Gasteiger partial charge in [-0.25, -0.2) is 4.98 Å². The van der Waals surface area contributed by atoms with Crippen molar-refractivity contribution in [3.63, 3.8) is 0 Å². The molecular weight excluding hydrogens is 326 g/mol. The number of carbonyl (C=O) groups excluding carboxylic acids is 2. The van der Waals surface area contributed by atoms with E-state index in [1.807, 2.05) is 12.1 Å². The fourth-order valence-corrected chi connectivity index (χ4v) is 3.32. The molecule has 2 amide bonds. The van der Waals surface area contributed by atoms with Crippen molar-refractivity contribution in [1.82, 2.24) is 9.88 Å². The molecule has 2 aromatic heterocycles. The van der Waals surface area contributed by atoms with Crippen LogP contribution in [-0.4, -0.2) is 40.0 Å². The first kappa shape index (κ1) is 16.6. The Labute approximate surface area is 144 Å². The molecule has 0 radical (unpaired) electrons. The van der Waals surface area contributed by atoms with Gasteiger partial charge in [-0.2, -0.15) is 0 Å². The predicted octanol–water partition coefficient (Wildman–Crippen LogP) is 3.03. The maximum atomic E-state index is 12.5. The van der Waals surface area contributed by atoms with Gasteiger partial charge in [0.1, 0.15) is 6.04 Å².